The molecule has 2 nitrogen and oxygen atoms in total. The van der Waals surface area contributed by atoms with Crippen LogP contribution in [-0.2, 0) is 0 Å². The number of hydrogen-bond acceptors (Lipinski definition) is 2. The Kier molecular flexibility index (Phi) is 6.11. The van der Waals surface area contributed by atoms with E-state index in [9.17, 15) is 8.78 Å². The summed E-state index contributed by atoms with van der Waals surface area (Å²) in [5.41, 5.74) is 3.36. The second kappa shape index (κ2) is 8.52. The number of benzene rings is 2. The average Bonchev–Trinajstić information content (AvgIpc) is 2.69. The van der Waals surface area contributed by atoms with Crippen molar-refractivity contribution in [2.24, 2.45) is 5.92 Å². The molecule has 0 spiro atoms. The van der Waals surface area contributed by atoms with E-state index in [0.717, 1.165) is 23.1 Å². The Morgan fingerprint density at radius 2 is 1.52 bits per heavy atom. The first kappa shape index (κ1) is 19.4. The van der Waals surface area contributed by atoms with E-state index in [1.165, 1.54) is 56.2 Å². The molecule has 0 N–H and O–H groups in total. The fraction of sp³-hybridized carbons (Fsp3) is 0.435. The smallest absolute Gasteiger partial charge is 0.421 e. The highest BCUT2D eigenvalue weighted by Crippen LogP contribution is 2.38. The minimum atomic E-state index is -3.81. The molecular formula is C23H25F2NO. The molecule has 0 aliphatic heterocycles. The van der Waals surface area contributed by atoms with Gasteiger partial charge in [-0.15, -0.1) is 8.78 Å². The molecule has 27 heavy (non-hydrogen) atoms. The minimum absolute atomic E-state index is 0.0224. The Morgan fingerprint density at radius 1 is 0.963 bits per heavy atom. The molecule has 1 aliphatic carbocycles. The van der Waals surface area contributed by atoms with E-state index in [1.54, 1.807) is 12.1 Å². The number of nitrogens with zero attached hydrogens (tertiary/aromatic N) is 1. The average molecular weight is 369 g/mol. The van der Waals surface area contributed by atoms with Gasteiger partial charge in [0.25, 0.3) is 0 Å². The SMILES string of the molecule is CCC[C@H]1CC[C@H](c2ccc(-c3ccc(OC(F)(F)C#N)cc3)cc2)CC1. The Labute approximate surface area is 159 Å². The van der Waals surface area contributed by atoms with E-state index in [1.807, 2.05) is 0 Å². The Hall–Kier alpha value is -2.41. The number of nitriles is 1. The van der Waals surface area contributed by atoms with Crippen molar-refractivity contribution < 1.29 is 13.5 Å². The highest BCUT2D eigenvalue weighted by Gasteiger charge is 2.31. The normalized spacial score (nSPS) is 20.1. The largest absolute Gasteiger partial charge is 0.494 e. The molecule has 142 valence electrons. The lowest BCUT2D eigenvalue weighted by molar-refractivity contribution is -0.124. The molecule has 0 bridgehead atoms. The monoisotopic (exact) mass is 369 g/mol. The van der Waals surface area contributed by atoms with Crippen molar-refractivity contribution in [3.8, 4) is 22.9 Å². The van der Waals surface area contributed by atoms with E-state index in [2.05, 4.69) is 35.9 Å². The summed E-state index contributed by atoms with van der Waals surface area (Å²) in [5.74, 6) is 1.53. The van der Waals surface area contributed by atoms with Crippen LogP contribution in [0.5, 0.6) is 5.75 Å². The van der Waals surface area contributed by atoms with Crippen LogP contribution >= 0.6 is 0 Å². The third kappa shape index (κ3) is 5.07. The fourth-order valence-corrected chi connectivity index (χ4v) is 4.03. The Bertz CT molecular complexity index is 770. The predicted octanol–water partition coefficient (Wildman–Crippen LogP) is 6.92. The van der Waals surface area contributed by atoms with Crippen LogP contribution in [0.25, 0.3) is 11.1 Å². The summed E-state index contributed by atoms with van der Waals surface area (Å²) in [5, 5.41) is 8.34. The molecule has 0 amide bonds. The van der Waals surface area contributed by atoms with Crippen LogP contribution in [0.1, 0.15) is 56.9 Å². The molecule has 0 unspecified atom stereocenters. The summed E-state index contributed by atoms with van der Waals surface area (Å²) in [6.07, 6.45) is 4.02. The maximum Gasteiger partial charge on any atom is 0.494 e. The van der Waals surface area contributed by atoms with Gasteiger partial charge in [0, 0.05) is 0 Å². The lowest BCUT2D eigenvalue weighted by atomic mass is 9.77. The quantitative estimate of drug-likeness (QED) is 0.553. The number of alkyl halides is 2. The lowest BCUT2D eigenvalue weighted by Crippen LogP contribution is -2.21. The van der Waals surface area contributed by atoms with Crippen molar-refractivity contribution in [2.45, 2.75) is 57.5 Å². The summed E-state index contributed by atoms with van der Waals surface area (Å²) < 4.78 is 30.3. The Morgan fingerprint density at radius 3 is 2.04 bits per heavy atom. The van der Waals surface area contributed by atoms with E-state index in [0.29, 0.717) is 5.92 Å². The van der Waals surface area contributed by atoms with Crippen LogP contribution in [0.4, 0.5) is 8.78 Å². The molecule has 3 rings (SSSR count). The van der Waals surface area contributed by atoms with E-state index in [-0.39, 0.29) is 5.75 Å². The second-order valence-electron chi connectivity index (χ2n) is 7.38. The molecule has 2 aromatic carbocycles. The molecule has 1 saturated carbocycles. The second-order valence-corrected chi connectivity index (χ2v) is 7.38. The summed E-state index contributed by atoms with van der Waals surface area (Å²) in [7, 11) is 0. The van der Waals surface area contributed by atoms with Crippen LogP contribution in [0, 0.1) is 17.2 Å². The number of hydrogen-bond donors (Lipinski definition) is 0. The van der Waals surface area contributed by atoms with Crippen LogP contribution < -0.4 is 4.74 Å². The van der Waals surface area contributed by atoms with E-state index in [4.69, 9.17) is 5.26 Å². The minimum Gasteiger partial charge on any atom is -0.421 e. The number of ether oxygens (including phenoxy) is 1. The molecule has 4 heteroatoms. The van der Waals surface area contributed by atoms with Gasteiger partial charge < -0.3 is 4.74 Å². The standard InChI is InChI=1S/C23H25F2NO/c1-2-3-17-4-6-18(7-5-17)19-8-10-20(11-9-19)21-12-14-22(15-13-21)27-23(24,25)16-26/h8-15,17-18H,2-7H2,1H3/t17-,18-. The summed E-state index contributed by atoms with van der Waals surface area (Å²) in [6, 6.07) is 15.8. The van der Waals surface area contributed by atoms with Crippen molar-refractivity contribution in [1.82, 2.24) is 0 Å². The first-order valence-corrected chi connectivity index (χ1v) is 9.69. The van der Waals surface area contributed by atoms with Gasteiger partial charge in [0.2, 0.25) is 0 Å². The first-order valence-electron chi connectivity index (χ1n) is 9.69. The molecule has 0 atom stereocenters. The van der Waals surface area contributed by atoms with E-state index < -0.39 is 6.11 Å². The highest BCUT2D eigenvalue weighted by molar-refractivity contribution is 5.64. The zero-order valence-electron chi connectivity index (χ0n) is 15.6. The number of rotatable bonds is 6. The van der Waals surface area contributed by atoms with Gasteiger partial charge in [0.15, 0.2) is 6.07 Å². The van der Waals surface area contributed by atoms with Gasteiger partial charge >= 0.3 is 6.11 Å². The maximum absolute atomic E-state index is 13.0. The molecule has 1 fully saturated rings. The molecule has 0 aromatic heterocycles. The fourth-order valence-electron chi connectivity index (χ4n) is 4.03. The van der Waals surface area contributed by atoms with Crippen molar-refractivity contribution in [3.05, 3.63) is 54.1 Å². The van der Waals surface area contributed by atoms with Gasteiger partial charge in [0.05, 0.1) is 0 Å². The maximum atomic E-state index is 13.0. The van der Waals surface area contributed by atoms with Crippen LogP contribution in [0.3, 0.4) is 0 Å². The van der Waals surface area contributed by atoms with Crippen molar-refractivity contribution in [3.63, 3.8) is 0 Å². The molecule has 0 heterocycles. The summed E-state index contributed by atoms with van der Waals surface area (Å²) in [4.78, 5) is 0. The van der Waals surface area contributed by atoms with E-state index >= 15 is 0 Å². The zero-order valence-corrected chi connectivity index (χ0v) is 15.6. The predicted molar refractivity (Wildman–Crippen MR) is 103 cm³/mol. The van der Waals surface area contributed by atoms with Gasteiger partial charge in [-0.3, -0.25) is 0 Å². The van der Waals surface area contributed by atoms with Gasteiger partial charge in [-0.25, -0.2) is 0 Å². The molecular weight excluding hydrogens is 344 g/mol. The van der Waals surface area contributed by atoms with Crippen molar-refractivity contribution in [1.29, 1.82) is 5.26 Å². The van der Waals surface area contributed by atoms with Gasteiger partial charge in [-0.2, -0.15) is 5.26 Å². The highest BCUT2D eigenvalue weighted by atomic mass is 19.3. The molecule has 0 saturated heterocycles. The van der Waals surface area contributed by atoms with Crippen LogP contribution in [0.2, 0.25) is 0 Å². The zero-order chi connectivity index (χ0) is 19.3. The topological polar surface area (TPSA) is 33.0 Å². The lowest BCUT2D eigenvalue weighted by Gasteiger charge is -2.28. The summed E-state index contributed by atoms with van der Waals surface area (Å²) in [6.45, 7) is 2.26. The molecule has 1 aliphatic rings. The van der Waals surface area contributed by atoms with Gasteiger partial charge in [0.1, 0.15) is 5.75 Å². The van der Waals surface area contributed by atoms with Crippen LogP contribution in [-0.4, -0.2) is 6.11 Å². The van der Waals surface area contributed by atoms with Crippen molar-refractivity contribution >= 4 is 0 Å². The third-order valence-electron chi connectivity index (χ3n) is 5.49. The summed E-state index contributed by atoms with van der Waals surface area (Å²) >= 11 is 0. The number of halogens is 2. The van der Waals surface area contributed by atoms with Crippen LogP contribution in [0.15, 0.2) is 48.5 Å². The first-order chi connectivity index (χ1) is 13.0. The molecule has 0 radical (unpaired) electrons. The van der Waals surface area contributed by atoms with Gasteiger partial charge in [-0.1, -0.05) is 56.2 Å². The Balaban J connectivity index is 1.63. The van der Waals surface area contributed by atoms with Gasteiger partial charge in [-0.05, 0) is 66.3 Å². The molecule has 2 aromatic rings. The third-order valence-corrected chi connectivity index (χ3v) is 5.49. The van der Waals surface area contributed by atoms with Crippen molar-refractivity contribution in [2.75, 3.05) is 0 Å².